The van der Waals surface area contributed by atoms with Crippen molar-refractivity contribution in [3.05, 3.63) is 75.9 Å². The number of anilines is 1. The van der Waals surface area contributed by atoms with Crippen LogP contribution in [0.4, 0.5) is 5.69 Å². The largest absolute Gasteiger partial charge is 0.324 e. The summed E-state index contributed by atoms with van der Waals surface area (Å²) >= 11 is 2.21. The molecule has 0 spiro atoms. The summed E-state index contributed by atoms with van der Waals surface area (Å²) in [6.45, 7) is 0. The van der Waals surface area contributed by atoms with Crippen LogP contribution >= 0.6 is 22.6 Å². The molecule has 162 valence electrons. The van der Waals surface area contributed by atoms with E-state index in [1.165, 1.54) is 4.90 Å². The van der Waals surface area contributed by atoms with E-state index in [0.29, 0.717) is 23.9 Å². The van der Waals surface area contributed by atoms with Gasteiger partial charge in [0, 0.05) is 15.7 Å². The second-order valence-corrected chi connectivity index (χ2v) is 10.6. The average molecular weight is 538 g/mol. The van der Waals surface area contributed by atoms with Crippen LogP contribution in [0.1, 0.15) is 12.0 Å². The number of allylic oxidation sites excluding steroid dienone is 2. The van der Waals surface area contributed by atoms with Gasteiger partial charge in [-0.25, -0.2) is 0 Å². The number of rotatable bonds is 5. The van der Waals surface area contributed by atoms with Crippen molar-refractivity contribution >= 4 is 46.0 Å². The molecule has 2 aromatic rings. The maximum atomic E-state index is 13.6. The fraction of sp³-hybridized carbons (Fsp3) is 0.346. The topological polar surface area (TPSA) is 66.5 Å². The van der Waals surface area contributed by atoms with E-state index in [9.17, 15) is 14.4 Å². The number of likely N-dealkylation sites (tertiary alicyclic amines) is 1. The molecule has 32 heavy (non-hydrogen) atoms. The lowest BCUT2D eigenvalue weighted by atomic mass is 9.63. The lowest BCUT2D eigenvalue weighted by Gasteiger charge is -2.37. The van der Waals surface area contributed by atoms with Gasteiger partial charge >= 0.3 is 0 Å². The number of halogens is 1. The van der Waals surface area contributed by atoms with Crippen LogP contribution < -0.4 is 5.32 Å². The SMILES string of the molecule is O=C(Nc1ccc(I)cc1)[C@@H](Cc1ccccc1)N1C(=O)[C@@H]2[C@@H]3C=C[C@H]([C@H]4C[C@H]34)[C@@H]2C1=O. The van der Waals surface area contributed by atoms with Gasteiger partial charge in [0.2, 0.25) is 17.7 Å². The third-order valence-electron chi connectivity index (χ3n) is 7.69. The maximum absolute atomic E-state index is 13.6. The highest BCUT2D eigenvalue weighted by molar-refractivity contribution is 14.1. The Morgan fingerprint density at radius 1 is 0.938 bits per heavy atom. The summed E-state index contributed by atoms with van der Waals surface area (Å²) in [4.78, 5) is 42.0. The first-order valence-corrected chi connectivity index (χ1v) is 12.3. The van der Waals surface area contributed by atoms with Gasteiger partial charge in [-0.1, -0.05) is 42.5 Å². The molecular weight excluding hydrogens is 515 g/mol. The first kappa shape index (κ1) is 20.1. The summed E-state index contributed by atoms with van der Waals surface area (Å²) in [5.74, 6) is 0.123. The summed E-state index contributed by atoms with van der Waals surface area (Å²) in [6.07, 6.45) is 5.75. The normalized spacial score (nSPS) is 32.5. The molecule has 7 atom stereocenters. The Bertz CT molecular complexity index is 1090. The minimum absolute atomic E-state index is 0.146. The number of amides is 3. The van der Waals surface area contributed by atoms with Crippen molar-refractivity contribution < 1.29 is 14.4 Å². The van der Waals surface area contributed by atoms with E-state index in [1.807, 2.05) is 54.6 Å². The van der Waals surface area contributed by atoms with Gasteiger partial charge in [0.25, 0.3) is 0 Å². The quantitative estimate of drug-likeness (QED) is 0.357. The predicted molar refractivity (Wildman–Crippen MR) is 128 cm³/mol. The third-order valence-corrected chi connectivity index (χ3v) is 8.41. The molecular formula is C26H23IN2O3. The molecule has 1 saturated heterocycles. The van der Waals surface area contributed by atoms with Crippen LogP contribution in [0.2, 0.25) is 0 Å². The Balaban J connectivity index is 1.33. The van der Waals surface area contributed by atoms with Gasteiger partial charge in [-0.3, -0.25) is 19.3 Å². The number of nitrogens with one attached hydrogen (secondary N) is 1. The van der Waals surface area contributed by atoms with Crippen molar-refractivity contribution in [1.29, 1.82) is 0 Å². The van der Waals surface area contributed by atoms with Crippen LogP contribution in [0, 0.1) is 39.1 Å². The number of carbonyl (C=O) groups excluding carboxylic acids is 3. The van der Waals surface area contributed by atoms with E-state index >= 15 is 0 Å². The van der Waals surface area contributed by atoms with E-state index in [-0.39, 0.29) is 41.4 Å². The van der Waals surface area contributed by atoms with Crippen molar-refractivity contribution in [3.8, 4) is 0 Å². The molecule has 0 radical (unpaired) electrons. The summed E-state index contributed by atoms with van der Waals surface area (Å²) in [7, 11) is 0. The van der Waals surface area contributed by atoms with Gasteiger partial charge in [0.15, 0.2) is 0 Å². The number of carbonyl (C=O) groups is 3. The summed E-state index contributed by atoms with van der Waals surface area (Å²) in [5, 5.41) is 2.94. The Kier molecular flexibility index (Phi) is 4.75. The zero-order valence-corrected chi connectivity index (χ0v) is 19.5. The minimum Gasteiger partial charge on any atom is -0.324 e. The molecule has 4 aliphatic carbocycles. The van der Waals surface area contributed by atoms with Gasteiger partial charge in [0.1, 0.15) is 6.04 Å². The number of hydrogen-bond donors (Lipinski definition) is 1. The van der Waals surface area contributed by atoms with Gasteiger partial charge in [0.05, 0.1) is 11.8 Å². The van der Waals surface area contributed by atoms with Crippen molar-refractivity contribution in [1.82, 2.24) is 4.90 Å². The highest BCUT2D eigenvalue weighted by Gasteiger charge is 2.67. The van der Waals surface area contributed by atoms with E-state index in [4.69, 9.17) is 0 Å². The number of nitrogens with zero attached hydrogens (tertiary/aromatic N) is 1. The van der Waals surface area contributed by atoms with E-state index < -0.39 is 6.04 Å². The summed E-state index contributed by atoms with van der Waals surface area (Å²) in [6, 6.07) is 16.3. The van der Waals surface area contributed by atoms with E-state index in [1.54, 1.807) is 0 Å². The molecule has 3 amide bonds. The fourth-order valence-electron chi connectivity index (χ4n) is 6.18. The zero-order valence-electron chi connectivity index (χ0n) is 17.4. The van der Waals surface area contributed by atoms with Crippen LogP contribution in [-0.4, -0.2) is 28.7 Å². The third kappa shape index (κ3) is 3.14. The molecule has 1 aliphatic heterocycles. The molecule has 5 aliphatic rings. The van der Waals surface area contributed by atoms with Crippen molar-refractivity contribution in [2.45, 2.75) is 18.9 Å². The van der Waals surface area contributed by atoms with Gasteiger partial charge < -0.3 is 5.32 Å². The molecule has 2 saturated carbocycles. The maximum Gasteiger partial charge on any atom is 0.248 e. The number of imide groups is 1. The second kappa shape index (κ2) is 7.54. The minimum atomic E-state index is -0.863. The van der Waals surface area contributed by atoms with Crippen LogP contribution in [0.15, 0.2) is 66.7 Å². The van der Waals surface area contributed by atoms with Crippen LogP contribution in [0.3, 0.4) is 0 Å². The second-order valence-electron chi connectivity index (χ2n) is 9.40. The number of hydrogen-bond acceptors (Lipinski definition) is 3. The average Bonchev–Trinajstić information content (AvgIpc) is 3.58. The Hall–Kier alpha value is -2.48. The summed E-state index contributed by atoms with van der Waals surface area (Å²) in [5.41, 5.74) is 1.59. The molecule has 5 nitrogen and oxygen atoms in total. The Morgan fingerprint density at radius 2 is 1.53 bits per heavy atom. The molecule has 2 bridgehead atoms. The zero-order chi connectivity index (χ0) is 22.0. The first-order valence-electron chi connectivity index (χ1n) is 11.2. The molecule has 0 aromatic heterocycles. The van der Waals surface area contributed by atoms with E-state index in [0.717, 1.165) is 15.6 Å². The molecule has 2 aromatic carbocycles. The highest BCUT2D eigenvalue weighted by Crippen LogP contribution is 2.65. The van der Waals surface area contributed by atoms with Crippen molar-refractivity contribution in [2.75, 3.05) is 5.32 Å². The monoisotopic (exact) mass is 538 g/mol. The van der Waals surface area contributed by atoms with E-state index in [2.05, 4.69) is 40.1 Å². The Morgan fingerprint density at radius 3 is 2.12 bits per heavy atom. The molecule has 6 heteroatoms. The highest BCUT2D eigenvalue weighted by atomic mass is 127. The van der Waals surface area contributed by atoms with Crippen molar-refractivity contribution in [2.24, 2.45) is 35.5 Å². The van der Waals surface area contributed by atoms with Crippen LogP contribution in [0.5, 0.6) is 0 Å². The van der Waals surface area contributed by atoms with Crippen LogP contribution in [-0.2, 0) is 20.8 Å². The van der Waals surface area contributed by atoms with Crippen molar-refractivity contribution in [3.63, 3.8) is 0 Å². The van der Waals surface area contributed by atoms with Gasteiger partial charge in [-0.15, -0.1) is 0 Å². The fourth-order valence-corrected chi connectivity index (χ4v) is 6.54. The first-order chi connectivity index (χ1) is 15.5. The van der Waals surface area contributed by atoms with Gasteiger partial charge in [-0.2, -0.15) is 0 Å². The number of benzene rings is 2. The molecule has 1 heterocycles. The smallest absolute Gasteiger partial charge is 0.248 e. The molecule has 3 fully saturated rings. The lowest BCUT2D eigenvalue weighted by molar-refractivity contribution is -0.146. The standard InChI is InChI=1S/C26H23IN2O3/c27-15-6-8-16(9-7-15)28-24(30)21(12-14-4-2-1-3-5-14)29-25(31)22-17-10-11-18(20-13-19(17)20)23(22)26(29)32/h1-11,17-23H,12-13H2,(H,28,30)/t17-,18-,19-,20-,21-,22-,23+/m1/s1. The summed E-state index contributed by atoms with van der Waals surface area (Å²) < 4.78 is 1.07. The van der Waals surface area contributed by atoms with Gasteiger partial charge in [-0.05, 0) is 82.5 Å². The molecule has 0 unspecified atom stereocenters. The lowest BCUT2D eigenvalue weighted by Crippen LogP contribution is -2.49. The Labute approximate surface area is 200 Å². The molecule has 7 rings (SSSR count). The predicted octanol–water partition coefficient (Wildman–Crippen LogP) is 3.89. The van der Waals surface area contributed by atoms with Crippen LogP contribution in [0.25, 0.3) is 0 Å². The molecule has 1 N–H and O–H groups in total.